The Morgan fingerprint density at radius 2 is 2.05 bits per heavy atom. The van der Waals surface area contributed by atoms with Crippen LogP contribution < -0.4 is 15.0 Å². The molecule has 5 heteroatoms. The van der Waals surface area contributed by atoms with Gasteiger partial charge in [-0.05, 0) is 30.3 Å². The smallest absolute Gasteiger partial charge is 0.158 e. The molecule has 0 bridgehead atoms. The maximum absolute atomic E-state index is 6.14. The summed E-state index contributed by atoms with van der Waals surface area (Å²) in [7, 11) is 5.93. The number of furan rings is 1. The van der Waals surface area contributed by atoms with Gasteiger partial charge < -0.3 is 19.4 Å². The minimum atomic E-state index is 0.591. The zero-order chi connectivity index (χ0) is 15.2. The number of halogens is 1. The van der Waals surface area contributed by atoms with E-state index in [-0.39, 0.29) is 0 Å². The number of hydrogen-bond acceptors (Lipinski definition) is 2. The first-order valence-electron chi connectivity index (χ1n) is 7.13. The standard InChI is InChI=1S/C16H21ClN2O2/c1-19(2)9-8-18-11-13-5-7-15(21-13)12-4-6-16(20-3)14(17)10-12/h4-7,10,18H,8-9,11H2,1-3H3/p+2. The molecule has 0 atom stereocenters. The molecule has 1 heterocycles. The number of nitrogens with one attached hydrogen (secondary N) is 1. The SMILES string of the molecule is COc1ccc(-c2ccc(C[NH2+]CC[NH+](C)C)o2)cc1Cl. The summed E-state index contributed by atoms with van der Waals surface area (Å²) in [6.07, 6.45) is 0. The quantitative estimate of drug-likeness (QED) is 0.744. The van der Waals surface area contributed by atoms with Crippen molar-refractivity contribution in [2.24, 2.45) is 0 Å². The second-order valence-electron chi connectivity index (χ2n) is 5.35. The molecule has 0 saturated carbocycles. The highest BCUT2D eigenvalue weighted by atomic mass is 35.5. The lowest BCUT2D eigenvalue weighted by Crippen LogP contribution is -3.09. The summed E-state index contributed by atoms with van der Waals surface area (Å²) in [6, 6.07) is 9.67. The van der Waals surface area contributed by atoms with Crippen LogP contribution in [-0.4, -0.2) is 34.3 Å². The van der Waals surface area contributed by atoms with Gasteiger partial charge in [-0.3, -0.25) is 0 Å². The van der Waals surface area contributed by atoms with E-state index in [9.17, 15) is 0 Å². The minimum Gasteiger partial charge on any atom is -0.495 e. The first kappa shape index (κ1) is 15.9. The number of quaternary nitrogens is 2. The van der Waals surface area contributed by atoms with Crippen molar-refractivity contribution in [1.29, 1.82) is 0 Å². The van der Waals surface area contributed by atoms with Crippen LogP contribution in [0.1, 0.15) is 5.76 Å². The molecule has 0 amide bonds. The van der Waals surface area contributed by atoms with Gasteiger partial charge in [0.25, 0.3) is 0 Å². The molecule has 4 nitrogen and oxygen atoms in total. The van der Waals surface area contributed by atoms with Crippen LogP contribution in [0.3, 0.4) is 0 Å². The molecule has 0 saturated heterocycles. The molecule has 0 aliphatic rings. The fourth-order valence-corrected chi connectivity index (χ4v) is 2.36. The van der Waals surface area contributed by atoms with Gasteiger partial charge in [0.2, 0.25) is 0 Å². The fraction of sp³-hybridized carbons (Fsp3) is 0.375. The normalized spacial score (nSPS) is 11.1. The largest absolute Gasteiger partial charge is 0.495 e. The number of ether oxygens (including phenoxy) is 1. The Balaban J connectivity index is 1.97. The molecule has 0 spiro atoms. The van der Waals surface area contributed by atoms with Crippen molar-refractivity contribution in [3.05, 3.63) is 41.1 Å². The Hall–Kier alpha value is -1.49. The summed E-state index contributed by atoms with van der Waals surface area (Å²) in [5.41, 5.74) is 0.963. The molecule has 0 aliphatic carbocycles. The number of nitrogens with two attached hydrogens (primary N) is 1. The van der Waals surface area contributed by atoms with Crippen molar-refractivity contribution in [1.82, 2.24) is 0 Å². The second-order valence-corrected chi connectivity index (χ2v) is 5.76. The van der Waals surface area contributed by atoms with E-state index in [2.05, 4.69) is 19.4 Å². The van der Waals surface area contributed by atoms with Gasteiger partial charge in [-0.1, -0.05) is 11.6 Å². The Morgan fingerprint density at radius 1 is 1.24 bits per heavy atom. The molecular weight excluding hydrogens is 288 g/mol. The van der Waals surface area contributed by atoms with Gasteiger partial charge in [-0.15, -0.1) is 0 Å². The monoisotopic (exact) mass is 310 g/mol. The molecule has 0 fully saturated rings. The molecule has 0 aliphatic heterocycles. The molecule has 3 N–H and O–H groups in total. The molecule has 0 unspecified atom stereocenters. The summed E-state index contributed by atoms with van der Waals surface area (Å²) in [4.78, 5) is 1.46. The summed E-state index contributed by atoms with van der Waals surface area (Å²) in [6.45, 7) is 3.09. The van der Waals surface area contributed by atoms with E-state index in [4.69, 9.17) is 20.8 Å². The molecule has 2 aromatic rings. The maximum atomic E-state index is 6.14. The zero-order valence-corrected chi connectivity index (χ0v) is 13.5. The van der Waals surface area contributed by atoms with E-state index >= 15 is 0 Å². The number of methoxy groups -OCH3 is 1. The third kappa shape index (κ3) is 4.49. The predicted octanol–water partition coefficient (Wildman–Crippen LogP) is 0.817. The van der Waals surface area contributed by atoms with E-state index in [0.29, 0.717) is 10.8 Å². The van der Waals surface area contributed by atoms with Crippen LogP contribution in [-0.2, 0) is 6.54 Å². The predicted molar refractivity (Wildman–Crippen MR) is 83.9 cm³/mol. The molecule has 1 aromatic heterocycles. The van der Waals surface area contributed by atoms with Gasteiger partial charge in [-0.25, -0.2) is 0 Å². The Labute approximate surface area is 130 Å². The van der Waals surface area contributed by atoms with Crippen molar-refractivity contribution in [2.75, 3.05) is 34.3 Å². The lowest BCUT2D eigenvalue weighted by Gasteiger charge is -2.05. The van der Waals surface area contributed by atoms with Crippen molar-refractivity contribution in [3.63, 3.8) is 0 Å². The van der Waals surface area contributed by atoms with Crippen LogP contribution in [0, 0.1) is 0 Å². The highest BCUT2D eigenvalue weighted by Crippen LogP contribution is 2.30. The third-order valence-corrected chi connectivity index (χ3v) is 3.59. The Kier molecular flexibility index (Phi) is 5.67. The Morgan fingerprint density at radius 3 is 2.71 bits per heavy atom. The second kappa shape index (κ2) is 7.50. The van der Waals surface area contributed by atoms with Crippen LogP contribution in [0.25, 0.3) is 11.3 Å². The highest BCUT2D eigenvalue weighted by molar-refractivity contribution is 6.32. The van der Waals surface area contributed by atoms with Crippen LogP contribution in [0.5, 0.6) is 5.75 Å². The molecule has 21 heavy (non-hydrogen) atoms. The average molecular weight is 311 g/mol. The van der Waals surface area contributed by atoms with E-state index in [0.717, 1.165) is 36.7 Å². The lowest BCUT2D eigenvalue weighted by molar-refractivity contribution is -0.875. The first-order valence-corrected chi connectivity index (χ1v) is 7.51. The summed E-state index contributed by atoms with van der Waals surface area (Å²) < 4.78 is 11.0. The van der Waals surface area contributed by atoms with Crippen LogP contribution >= 0.6 is 11.6 Å². The van der Waals surface area contributed by atoms with E-state index < -0.39 is 0 Å². The fourth-order valence-electron chi connectivity index (χ4n) is 2.10. The van der Waals surface area contributed by atoms with Gasteiger partial charge in [0.1, 0.15) is 31.1 Å². The highest BCUT2D eigenvalue weighted by Gasteiger charge is 2.09. The third-order valence-electron chi connectivity index (χ3n) is 3.29. The molecule has 114 valence electrons. The molecule has 0 radical (unpaired) electrons. The molecule has 2 rings (SSSR count). The van der Waals surface area contributed by atoms with Gasteiger partial charge in [0.05, 0.1) is 26.2 Å². The topological polar surface area (TPSA) is 43.4 Å². The van der Waals surface area contributed by atoms with Crippen LogP contribution in [0.4, 0.5) is 0 Å². The zero-order valence-electron chi connectivity index (χ0n) is 12.8. The van der Waals surface area contributed by atoms with E-state index in [1.165, 1.54) is 4.90 Å². The van der Waals surface area contributed by atoms with Crippen LogP contribution in [0.2, 0.25) is 5.02 Å². The summed E-state index contributed by atoms with van der Waals surface area (Å²) in [5.74, 6) is 2.48. The number of hydrogen-bond donors (Lipinski definition) is 2. The lowest BCUT2D eigenvalue weighted by atomic mass is 10.2. The van der Waals surface area contributed by atoms with E-state index in [1.54, 1.807) is 7.11 Å². The molecular formula is C16H23ClN2O2+2. The number of benzene rings is 1. The van der Waals surface area contributed by atoms with E-state index in [1.807, 2.05) is 30.3 Å². The number of likely N-dealkylation sites (N-methyl/N-ethyl adjacent to an activating group) is 1. The maximum Gasteiger partial charge on any atom is 0.158 e. The Bertz CT molecular complexity index is 581. The van der Waals surface area contributed by atoms with Gasteiger partial charge in [0.15, 0.2) is 5.76 Å². The number of rotatable bonds is 7. The minimum absolute atomic E-state index is 0.591. The molecule has 1 aromatic carbocycles. The average Bonchev–Trinajstić information content (AvgIpc) is 2.92. The van der Waals surface area contributed by atoms with Crippen molar-refractivity contribution < 1.29 is 19.4 Å². The van der Waals surface area contributed by atoms with Crippen molar-refractivity contribution >= 4 is 11.6 Å². The van der Waals surface area contributed by atoms with Gasteiger partial charge >= 0.3 is 0 Å². The van der Waals surface area contributed by atoms with Crippen LogP contribution in [0.15, 0.2) is 34.7 Å². The summed E-state index contributed by atoms with van der Waals surface area (Å²) >= 11 is 6.14. The first-order chi connectivity index (χ1) is 10.1. The van der Waals surface area contributed by atoms with Gasteiger partial charge in [0, 0.05) is 5.56 Å². The van der Waals surface area contributed by atoms with Crippen molar-refractivity contribution in [3.8, 4) is 17.1 Å². The summed E-state index contributed by atoms with van der Waals surface area (Å²) in [5, 5.41) is 2.85. The van der Waals surface area contributed by atoms with Gasteiger partial charge in [-0.2, -0.15) is 0 Å². The van der Waals surface area contributed by atoms with Crippen molar-refractivity contribution in [2.45, 2.75) is 6.54 Å².